The Kier molecular flexibility index (Phi) is 5.19. The van der Waals surface area contributed by atoms with Gasteiger partial charge in [0.2, 0.25) is 5.91 Å². The third-order valence-corrected chi connectivity index (χ3v) is 4.40. The summed E-state index contributed by atoms with van der Waals surface area (Å²) in [6, 6.07) is 4.18. The maximum absolute atomic E-state index is 13.2. The minimum absolute atomic E-state index is 0.0493. The van der Waals surface area contributed by atoms with E-state index in [9.17, 15) is 9.18 Å². The van der Waals surface area contributed by atoms with E-state index in [0.717, 1.165) is 5.56 Å². The predicted molar refractivity (Wildman–Crippen MR) is 79.5 cm³/mol. The Morgan fingerprint density at radius 2 is 2.19 bits per heavy atom. The highest BCUT2D eigenvalue weighted by atomic mass is 35.5. The van der Waals surface area contributed by atoms with Gasteiger partial charge in [-0.05, 0) is 37.5 Å². The van der Waals surface area contributed by atoms with Crippen molar-refractivity contribution in [1.29, 1.82) is 0 Å². The second kappa shape index (κ2) is 6.73. The molecule has 1 aliphatic rings. The van der Waals surface area contributed by atoms with Crippen molar-refractivity contribution in [3.05, 3.63) is 34.6 Å². The third kappa shape index (κ3) is 3.54. The van der Waals surface area contributed by atoms with Crippen molar-refractivity contribution in [3.8, 4) is 0 Å². The van der Waals surface area contributed by atoms with E-state index in [0.29, 0.717) is 32.6 Å². The van der Waals surface area contributed by atoms with Gasteiger partial charge in [0.15, 0.2) is 0 Å². The molecule has 0 aromatic heterocycles. The molecule has 1 amide bonds. The van der Waals surface area contributed by atoms with Crippen LogP contribution in [-0.2, 0) is 9.53 Å². The average Bonchev–Trinajstić information content (AvgIpc) is 2.50. The van der Waals surface area contributed by atoms with Crippen LogP contribution in [0.2, 0.25) is 5.02 Å². The molecule has 116 valence electrons. The first-order valence-electron chi connectivity index (χ1n) is 7.02. The molecule has 0 radical (unpaired) electrons. The summed E-state index contributed by atoms with van der Waals surface area (Å²) in [7, 11) is 0. The van der Waals surface area contributed by atoms with Crippen LogP contribution >= 0.6 is 11.6 Å². The van der Waals surface area contributed by atoms with Crippen LogP contribution in [0.1, 0.15) is 31.4 Å². The summed E-state index contributed by atoms with van der Waals surface area (Å²) in [5.41, 5.74) is 6.00. The lowest BCUT2D eigenvalue weighted by Crippen LogP contribution is -2.49. The molecule has 0 saturated carbocycles. The highest BCUT2D eigenvalue weighted by molar-refractivity contribution is 6.30. The van der Waals surface area contributed by atoms with E-state index in [1.54, 1.807) is 6.07 Å². The average molecular weight is 315 g/mol. The summed E-state index contributed by atoms with van der Waals surface area (Å²) in [6.07, 6.45) is 1.23. The maximum Gasteiger partial charge on any atom is 0.228 e. The van der Waals surface area contributed by atoms with Crippen molar-refractivity contribution >= 4 is 17.5 Å². The maximum atomic E-state index is 13.2. The molecular formula is C15H20ClFN2O2. The van der Waals surface area contributed by atoms with E-state index in [4.69, 9.17) is 22.1 Å². The Bertz CT molecular complexity index is 518. The molecule has 1 aromatic carbocycles. The largest absolute Gasteiger partial charge is 0.381 e. The van der Waals surface area contributed by atoms with Gasteiger partial charge in [-0.1, -0.05) is 17.7 Å². The summed E-state index contributed by atoms with van der Waals surface area (Å²) < 4.78 is 18.5. The van der Waals surface area contributed by atoms with Gasteiger partial charge >= 0.3 is 0 Å². The number of benzene rings is 1. The van der Waals surface area contributed by atoms with Crippen molar-refractivity contribution in [1.82, 2.24) is 5.32 Å². The van der Waals surface area contributed by atoms with Gasteiger partial charge in [0.1, 0.15) is 5.82 Å². The lowest BCUT2D eigenvalue weighted by atomic mass is 9.79. The highest BCUT2D eigenvalue weighted by Crippen LogP contribution is 2.31. The smallest absolute Gasteiger partial charge is 0.228 e. The van der Waals surface area contributed by atoms with Crippen LogP contribution in [0.25, 0.3) is 0 Å². The predicted octanol–water partition coefficient (Wildman–Crippen LogP) is 2.41. The molecule has 0 spiro atoms. The molecule has 21 heavy (non-hydrogen) atoms. The van der Waals surface area contributed by atoms with E-state index >= 15 is 0 Å². The number of hydrogen-bond acceptors (Lipinski definition) is 3. The minimum atomic E-state index is -0.573. The topological polar surface area (TPSA) is 64.4 Å². The van der Waals surface area contributed by atoms with Gasteiger partial charge < -0.3 is 15.8 Å². The number of amides is 1. The second-order valence-electron chi connectivity index (χ2n) is 5.47. The van der Waals surface area contributed by atoms with E-state index < -0.39 is 11.2 Å². The van der Waals surface area contributed by atoms with Crippen molar-refractivity contribution in [2.45, 2.75) is 25.8 Å². The molecule has 3 N–H and O–H groups in total. The second-order valence-corrected chi connectivity index (χ2v) is 5.87. The summed E-state index contributed by atoms with van der Waals surface area (Å²) in [5, 5.41) is 3.00. The zero-order valence-electron chi connectivity index (χ0n) is 12.0. The molecule has 6 heteroatoms. The summed E-state index contributed by atoms with van der Waals surface area (Å²) in [4.78, 5) is 12.5. The number of nitrogens with two attached hydrogens (primary N) is 1. The van der Waals surface area contributed by atoms with E-state index in [2.05, 4.69) is 5.32 Å². The van der Waals surface area contributed by atoms with E-state index in [1.165, 1.54) is 12.1 Å². The van der Waals surface area contributed by atoms with Gasteiger partial charge in [-0.15, -0.1) is 0 Å². The Labute approximate surface area is 128 Å². The normalized spacial score (nSPS) is 19.0. The van der Waals surface area contributed by atoms with Crippen LogP contribution in [0, 0.1) is 11.2 Å². The van der Waals surface area contributed by atoms with Gasteiger partial charge in [-0.25, -0.2) is 4.39 Å². The van der Waals surface area contributed by atoms with Crippen molar-refractivity contribution in [2.75, 3.05) is 19.8 Å². The first-order valence-corrected chi connectivity index (χ1v) is 7.40. The molecule has 1 heterocycles. The Morgan fingerprint density at radius 1 is 1.52 bits per heavy atom. The molecule has 0 aliphatic carbocycles. The molecule has 1 aliphatic heterocycles. The summed E-state index contributed by atoms with van der Waals surface area (Å²) in [6.45, 7) is 3.22. The molecule has 1 unspecified atom stereocenters. The van der Waals surface area contributed by atoms with Crippen LogP contribution in [0.5, 0.6) is 0 Å². The van der Waals surface area contributed by atoms with Crippen LogP contribution in [0.15, 0.2) is 18.2 Å². The van der Waals surface area contributed by atoms with Crippen molar-refractivity contribution < 1.29 is 13.9 Å². The molecule has 1 fully saturated rings. The monoisotopic (exact) mass is 314 g/mol. The minimum Gasteiger partial charge on any atom is -0.381 e. The fraction of sp³-hybridized carbons (Fsp3) is 0.533. The SMILES string of the molecule is CC(NC(=O)C1(CN)CCOCC1)c1ccc(F)c(Cl)c1. The standard InChI is InChI=1S/C15H20ClFN2O2/c1-10(11-2-3-13(17)12(16)8-11)19-14(20)15(9-18)4-6-21-7-5-15/h2-3,8,10H,4-7,9,18H2,1H3,(H,19,20). The highest BCUT2D eigenvalue weighted by Gasteiger charge is 2.39. The number of carbonyl (C=O) groups excluding carboxylic acids is 1. The first kappa shape index (κ1) is 16.2. The van der Waals surface area contributed by atoms with Crippen LogP contribution < -0.4 is 11.1 Å². The Hall–Kier alpha value is -1.17. The van der Waals surface area contributed by atoms with E-state index in [-0.39, 0.29) is 17.0 Å². The van der Waals surface area contributed by atoms with Crippen molar-refractivity contribution in [3.63, 3.8) is 0 Å². The van der Waals surface area contributed by atoms with Crippen LogP contribution in [0.3, 0.4) is 0 Å². The Morgan fingerprint density at radius 3 is 2.76 bits per heavy atom. The van der Waals surface area contributed by atoms with Crippen LogP contribution in [-0.4, -0.2) is 25.7 Å². The molecular weight excluding hydrogens is 295 g/mol. The van der Waals surface area contributed by atoms with Gasteiger partial charge in [-0.2, -0.15) is 0 Å². The fourth-order valence-electron chi connectivity index (χ4n) is 2.50. The van der Waals surface area contributed by atoms with Gasteiger partial charge in [-0.3, -0.25) is 4.79 Å². The number of ether oxygens (including phenoxy) is 1. The Balaban J connectivity index is 2.08. The van der Waals surface area contributed by atoms with Gasteiger partial charge in [0.25, 0.3) is 0 Å². The number of nitrogens with one attached hydrogen (secondary N) is 1. The fourth-order valence-corrected chi connectivity index (χ4v) is 2.69. The lowest BCUT2D eigenvalue weighted by Gasteiger charge is -2.35. The first-order chi connectivity index (χ1) is 9.98. The molecule has 2 rings (SSSR count). The quantitative estimate of drug-likeness (QED) is 0.897. The number of rotatable bonds is 4. The summed E-state index contributed by atoms with van der Waals surface area (Å²) >= 11 is 5.77. The molecule has 1 aromatic rings. The molecule has 4 nitrogen and oxygen atoms in total. The van der Waals surface area contributed by atoms with Gasteiger partial charge in [0.05, 0.1) is 16.5 Å². The molecule has 1 saturated heterocycles. The lowest BCUT2D eigenvalue weighted by molar-refractivity contribution is -0.136. The number of halogens is 2. The van der Waals surface area contributed by atoms with E-state index in [1.807, 2.05) is 6.92 Å². The zero-order valence-corrected chi connectivity index (χ0v) is 12.8. The number of carbonyl (C=O) groups is 1. The molecule has 0 bridgehead atoms. The van der Waals surface area contributed by atoms with Crippen molar-refractivity contribution in [2.24, 2.45) is 11.1 Å². The third-order valence-electron chi connectivity index (χ3n) is 4.11. The zero-order chi connectivity index (χ0) is 15.5. The molecule has 1 atom stereocenters. The number of hydrogen-bond donors (Lipinski definition) is 2. The van der Waals surface area contributed by atoms with Gasteiger partial charge in [0, 0.05) is 19.8 Å². The summed E-state index contributed by atoms with van der Waals surface area (Å²) in [5.74, 6) is -0.553. The van der Waals surface area contributed by atoms with Crippen LogP contribution in [0.4, 0.5) is 4.39 Å².